The number of hydrogen-bond acceptors (Lipinski definition) is 3. The number of anilines is 1. The Morgan fingerprint density at radius 1 is 1.04 bits per heavy atom. The molecule has 130 valence electrons. The van der Waals surface area contributed by atoms with E-state index in [1.165, 1.54) is 0 Å². The second-order valence-electron chi connectivity index (χ2n) is 6.31. The van der Waals surface area contributed by atoms with Crippen LogP contribution in [0, 0.1) is 5.92 Å². The Kier molecular flexibility index (Phi) is 5.46. The molecule has 1 fully saturated rings. The number of carbonyl (C=O) groups excluding carboxylic acids is 2. The lowest BCUT2D eigenvalue weighted by Crippen LogP contribution is -2.25. The molecule has 3 N–H and O–H groups in total. The smallest absolute Gasteiger partial charge is 0.251 e. The number of rotatable bonds is 7. The van der Waals surface area contributed by atoms with Gasteiger partial charge in [0.1, 0.15) is 0 Å². The van der Waals surface area contributed by atoms with Crippen LogP contribution in [0.1, 0.15) is 41.3 Å². The van der Waals surface area contributed by atoms with Gasteiger partial charge in [-0.25, -0.2) is 0 Å². The molecule has 0 saturated heterocycles. The highest BCUT2D eigenvalue weighted by molar-refractivity contribution is 5.96. The first-order chi connectivity index (χ1) is 12.1. The van der Waals surface area contributed by atoms with Crippen LogP contribution >= 0.6 is 0 Å². The highest BCUT2D eigenvalue weighted by atomic mass is 16.3. The van der Waals surface area contributed by atoms with Crippen molar-refractivity contribution in [3.63, 3.8) is 0 Å². The van der Waals surface area contributed by atoms with E-state index < -0.39 is 6.10 Å². The van der Waals surface area contributed by atoms with Gasteiger partial charge in [0.2, 0.25) is 5.91 Å². The highest BCUT2D eigenvalue weighted by Gasteiger charge is 2.29. The fraction of sp³-hybridized carbons (Fsp3) is 0.300. The minimum absolute atomic E-state index is 0.0482. The summed E-state index contributed by atoms with van der Waals surface area (Å²) in [6.45, 7) is 0.384. The number of hydrogen-bond donors (Lipinski definition) is 3. The van der Waals surface area contributed by atoms with E-state index in [1.54, 1.807) is 24.3 Å². The first-order valence-corrected chi connectivity index (χ1v) is 8.55. The topological polar surface area (TPSA) is 78.4 Å². The van der Waals surface area contributed by atoms with Crippen LogP contribution in [0.25, 0.3) is 0 Å². The minimum atomic E-state index is -0.596. The maximum atomic E-state index is 12.1. The van der Waals surface area contributed by atoms with Crippen molar-refractivity contribution in [2.45, 2.75) is 25.4 Å². The number of amides is 2. The molecule has 25 heavy (non-hydrogen) atoms. The molecule has 0 aliphatic heterocycles. The van der Waals surface area contributed by atoms with Gasteiger partial charge in [0.25, 0.3) is 5.91 Å². The molecule has 5 heteroatoms. The lowest BCUT2D eigenvalue weighted by Gasteiger charge is -2.12. The minimum Gasteiger partial charge on any atom is -0.388 e. The molecule has 0 radical (unpaired) electrons. The number of carbonyl (C=O) groups is 2. The zero-order valence-electron chi connectivity index (χ0n) is 13.9. The second kappa shape index (κ2) is 7.94. The average Bonchev–Trinajstić information content (AvgIpc) is 3.48. The SMILES string of the molecule is O=C(NCCC(O)c1ccccc1)c1ccc(NC(=O)C2CC2)cc1. The monoisotopic (exact) mass is 338 g/mol. The number of aliphatic hydroxyl groups is 1. The summed E-state index contributed by atoms with van der Waals surface area (Å²) in [6.07, 6.45) is 1.77. The fourth-order valence-electron chi connectivity index (χ4n) is 2.56. The van der Waals surface area contributed by atoms with E-state index in [2.05, 4.69) is 10.6 Å². The van der Waals surface area contributed by atoms with Gasteiger partial charge in [-0.15, -0.1) is 0 Å². The van der Waals surface area contributed by atoms with Crippen molar-refractivity contribution in [1.82, 2.24) is 5.32 Å². The maximum absolute atomic E-state index is 12.1. The lowest BCUT2D eigenvalue weighted by atomic mass is 10.1. The van der Waals surface area contributed by atoms with Crippen LogP contribution in [0.3, 0.4) is 0 Å². The van der Waals surface area contributed by atoms with Gasteiger partial charge in [-0.3, -0.25) is 9.59 Å². The largest absolute Gasteiger partial charge is 0.388 e. The first-order valence-electron chi connectivity index (χ1n) is 8.55. The van der Waals surface area contributed by atoms with Gasteiger partial charge in [0.15, 0.2) is 0 Å². The number of nitrogens with one attached hydrogen (secondary N) is 2. The quantitative estimate of drug-likeness (QED) is 0.726. The summed E-state index contributed by atoms with van der Waals surface area (Å²) in [6, 6.07) is 16.2. The standard InChI is InChI=1S/C20H22N2O3/c23-18(14-4-2-1-3-5-14)12-13-21-19(24)15-8-10-17(11-9-15)22-20(25)16-6-7-16/h1-5,8-11,16,18,23H,6-7,12-13H2,(H,21,24)(H,22,25). The van der Waals surface area contributed by atoms with Crippen LogP contribution in [0.15, 0.2) is 54.6 Å². The van der Waals surface area contributed by atoms with E-state index in [0.717, 1.165) is 18.4 Å². The summed E-state index contributed by atoms with van der Waals surface area (Å²) < 4.78 is 0. The molecule has 2 aromatic rings. The Morgan fingerprint density at radius 3 is 2.36 bits per heavy atom. The Hall–Kier alpha value is -2.66. The lowest BCUT2D eigenvalue weighted by molar-refractivity contribution is -0.117. The first kappa shape index (κ1) is 17.2. The molecule has 0 heterocycles. The Morgan fingerprint density at radius 2 is 1.72 bits per heavy atom. The third-order valence-corrected chi connectivity index (χ3v) is 4.25. The third kappa shape index (κ3) is 4.90. The van der Waals surface area contributed by atoms with Gasteiger partial charge < -0.3 is 15.7 Å². The predicted molar refractivity (Wildman–Crippen MR) is 96.1 cm³/mol. The Balaban J connectivity index is 1.45. The third-order valence-electron chi connectivity index (χ3n) is 4.25. The van der Waals surface area contributed by atoms with Gasteiger partial charge in [-0.05, 0) is 49.1 Å². The molecule has 2 aromatic carbocycles. The molecule has 1 aliphatic rings. The summed E-state index contributed by atoms with van der Waals surface area (Å²) in [5.74, 6) is 0.00597. The molecule has 1 unspecified atom stereocenters. The van der Waals surface area contributed by atoms with Crippen molar-refractivity contribution in [1.29, 1.82) is 0 Å². The van der Waals surface area contributed by atoms with Crippen LogP contribution in [-0.2, 0) is 4.79 Å². The molecule has 3 rings (SSSR count). The van der Waals surface area contributed by atoms with Gasteiger partial charge in [0.05, 0.1) is 6.10 Å². The van der Waals surface area contributed by atoms with E-state index in [1.807, 2.05) is 30.3 Å². The number of aliphatic hydroxyl groups excluding tert-OH is 1. The molecular formula is C20H22N2O3. The summed E-state index contributed by atoms with van der Waals surface area (Å²) in [5.41, 5.74) is 2.07. The molecule has 5 nitrogen and oxygen atoms in total. The molecule has 1 saturated carbocycles. The van der Waals surface area contributed by atoms with Crippen LogP contribution in [0.5, 0.6) is 0 Å². The maximum Gasteiger partial charge on any atom is 0.251 e. The fourth-order valence-corrected chi connectivity index (χ4v) is 2.56. The highest BCUT2D eigenvalue weighted by Crippen LogP contribution is 2.30. The van der Waals surface area contributed by atoms with E-state index in [9.17, 15) is 14.7 Å². The zero-order chi connectivity index (χ0) is 17.6. The van der Waals surface area contributed by atoms with Crippen molar-refractivity contribution < 1.29 is 14.7 Å². The van der Waals surface area contributed by atoms with Crippen molar-refractivity contribution in [3.8, 4) is 0 Å². The van der Waals surface area contributed by atoms with Crippen LogP contribution in [0.4, 0.5) is 5.69 Å². The van der Waals surface area contributed by atoms with Crippen molar-refractivity contribution in [2.24, 2.45) is 5.92 Å². The van der Waals surface area contributed by atoms with Gasteiger partial charge in [0, 0.05) is 23.7 Å². The molecule has 2 amide bonds. The average molecular weight is 338 g/mol. The number of benzene rings is 2. The van der Waals surface area contributed by atoms with E-state index in [-0.39, 0.29) is 17.7 Å². The van der Waals surface area contributed by atoms with E-state index >= 15 is 0 Å². The summed E-state index contributed by atoms with van der Waals surface area (Å²) in [5, 5.41) is 15.7. The van der Waals surface area contributed by atoms with Crippen molar-refractivity contribution >= 4 is 17.5 Å². The summed E-state index contributed by atoms with van der Waals surface area (Å²) in [7, 11) is 0. The second-order valence-corrected chi connectivity index (χ2v) is 6.31. The van der Waals surface area contributed by atoms with Gasteiger partial charge in [-0.2, -0.15) is 0 Å². The van der Waals surface area contributed by atoms with Crippen LogP contribution < -0.4 is 10.6 Å². The Bertz CT molecular complexity index is 724. The molecule has 0 spiro atoms. The summed E-state index contributed by atoms with van der Waals surface area (Å²) in [4.78, 5) is 23.8. The predicted octanol–water partition coefficient (Wildman–Crippen LogP) is 2.89. The molecular weight excluding hydrogens is 316 g/mol. The van der Waals surface area contributed by atoms with E-state index in [0.29, 0.717) is 24.2 Å². The van der Waals surface area contributed by atoms with E-state index in [4.69, 9.17) is 0 Å². The zero-order valence-corrected chi connectivity index (χ0v) is 13.9. The summed E-state index contributed by atoms with van der Waals surface area (Å²) >= 11 is 0. The normalized spacial score (nSPS) is 14.6. The molecule has 0 aromatic heterocycles. The van der Waals surface area contributed by atoms with Crippen molar-refractivity contribution in [3.05, 3.63) is 65.7 Å². The molecule has 1 aliphatic carbocycles. The van der Waals surface area contributed by atoms with Gasteiger partial charge >= 0.3 is 0 Å². The Labute approximate surface area is 147 Å². The van der Waals surface area contributed by atoms with Crippen molar-refractivity contribution in [2.75, 3.05) is 11.9 Å². The van der Waals surface area contributed by atoms with Gasteiger partial charge in [-0.1, -0.05) is 30.3 Å². The molecule has 0 bridgehead atoms. The molecule has 1 atom stereocenters. The van der Waals surface area contributed by atoms with Crippen LogP contribution in [0.2, 0.25) is 0 Å². The van der Waals surface area contributed by atoms with Crippen LogP contribution in [-0.4, -0.2) is 23.5 Å².